The van der Waals surface area contributed by atoms with Crippen molar-refractivity contribution in [2.24, 2.45) is 0 Å². The molecule has 224 valence electrons. The zero-order chi connectivity index (χ0) is 30.4. The molecule has 1 N–H and O–H groups in total. The normalized spacial score (nSPS) is 14.7. The first kappa shape index (κ1) is 31.6. The first-order chi connectivity index (χ1) is 20.0. The van der Waals surface area contributed by atoms with Crippen LogP contribution in [-0.2, 0) is 26.2 Å². The number of benzene rings is 3. The van der Waals surface area contributed by atoms with Gasteiger partial charge in [0.2, 0.25) is 11.8 Å². The molecule has 42 heavy (non-hydrogen) atoms. The van der Waals surface area contributed by atoms with Crippen LogP contribution in [0.2, 0.25) is 5.02 Å². The molecule has 9 heteroatoms. The van der Waals surface area contributed by atoms with E-state index in [4.69, 9.17) is 11.6 Å². The van der Waals surface area contributed by atoms with Gasteiger partial charge in [-0.1, -0.05) is 61.2 Å². The summed E-state index contributed by atoms with van der Waals surface area (Å²) in [7, 11) is -4.15. The number of halogens is 1. The Hall–Kier alpha value is -3.36. The van der Waals surface area contributed by atoms with Gasteiger partial charge in [0.25, 0.3) is 10.0 Å². The van der Waals surface area contributed by atoms with Gasteiger partial charge in [-0.25, -0.2) is 8.42 Å². The fraction of sp³-hybridized carbons (Fsp3) is 0.394. The van der Waals surface area contributed by atoms with Gasteiger partial charge in [0.1, 0.15) is 12.6 Å². The first-order valence-electron chi connectivity index (χ1n) is 14.5. The minimum Gasteiger partial charge on any atom is -0.352 e. The summed E-state index contributed by atoms with van der Waals surface area (Å²) in [6, 6.07) is 18.2. The van der Waals surface area contributed by atoms with Crippen molar-refractivity contribution in [2.75, 3.05) is 10.8 Å². The molecule has 2 amide bonds. The first-order valence-corrected chi connectivity index (χ1v) is 16.3. The van der Waals surface area contributed by atoms with Crippen molar-refractivity contribution in [3.05, 3.63) is 94.0 Å². The van der Waals surface area contributed by atoms with Crippen molar-refractivity contribution in [1.82, 2.24) is 10.2 Å². The molecule has 4 rings (SSSR count). The second-order valence-corrected chi connectivity index (χ2v) is 13.5. The van der Waals surface area contributed by atoms with Gasteiger partial charge in [0, 0.05) is 17.6 Å². The third-order valence-corrected chi connectivity index (χ3v) is 10.2. The highest BCUT2D eigenvalue weighted by molar-refractivity contribution is 7.92. The molecule has 7 nitrogen and oxygen atoms in total. The fourth-order valence-electron chi connectivity index (χ4n) is 5.27. The number of hydrogen-bond donors (Lipinski definition) is 1. The van der Waals surface area contributed by atoms with E-state index in [1.807, 2.05) is 51.1 Å². The molecular weight excluding hydrogens is 570 g/mol. The Morgan fingerprint density at radius 3 is 2.21 bits per heavy atom. The molecule has 0 saturated heterocycles. The van der Waals surface area contributed by atoms with E-state index >= 15 is 0 Å². The summed E-state index contributed by atoms with van der Waals surface area (Å²) in [5.74, 6) is -0.706. The predicted octanol–water partition coefficient (Wildman–Crippen LogP) is 6.33. The lowest BCUT2D eigenvalue weighted by Gasteiger charge is -2.33. The van der Waals surface area contributed by atoms with E-state index in [-0.39, 0.29) is 23.4 Å². The zero-order valence-electron chi connectivity index (χ0n) is 24.8. The second kappa shape index (κ2) is 13.7. The lowest BCUT2D eigenvalue weighted by Crippen LogP contribution is -2.53. The maximum atomic E-state index is 14.2. The number of amides is 2. The molecule has 0 heterocycles. The van der Waals surface area contributed by atoms with E-state index in [2.05, 4.69) is 5.32 Å². The van der Waals surface area contributed by atoms with Crippen molar-refractivity contribution in [1.29, 1.82) is 0 Å². The molecule has 1 saturated carbocycles. The molecule has 3 aromatic rings. The molecule has 0 bridgehead atoms. The van der Waals surface area contributed by atoms with Gasteiger partial charge < -0.3 is 10.2 Å². The van der Waals surface area contributed by atoms with Gasteiger partial charge >= 0.3 is 0 Å². The number of sulfonamides is 1. The van der Waals surface area contributed by atoms with Crippen LogP contribution in [0.4, 0.5) is 5.69 Å². The van der Waals surface area contributed by atoms with Gasteiger partial charge in [-0.3, -0.25) is 13.9 Å². The molecule has 3 aromatic carbocycles. The Balaban J connectivity index is 1.70. The second-order valence-electron chi connectivity index (χ2n) is 11.2. The summed E-state index contributed by atoms with van der Waals surface area (Å²) in [6.07, 6.45) is 5.14. The number of nitrogens with zero attached hydrogens (tertiary/aromatic N) is 2. The lowest BCUT2D eigenvalue weighted by atomic mass is 9.95. The van der Waals surface area contributed by atoms with E-state index in [9.17, 15) is 18.0 Å². The summed E-state index contributed by atoms with van der Waals surface area (Å²) in [5, 5.41) is 3.54. The van der Waals surface area contributed by atoms with Crippen LogP contribution in [0, 0.1) is 20.8 Å². The van der Waals surface area contributed by atoms with Crippen LogP contribution in [0.5, 0.6) is 0 Å². The highest BCUT2D eigenvalue weighted by atomic mass is 35.5. The quantitative estimate of drug-likeness (QED) is 0.291. The van der Waals surface area contributed by atoms with Crippen molar-refractivity contribution in [3.8, 4) is 0 Å². The van der Waals surface area contributed by atoms with Crippen LogP contribution < -0.4 is 9.62 Å². The third kappa shape index (κ3) is 7.53. The molecule has 1 aliphatic carbocycles. The largest absolute Gasteiger partial charge is 0.352 e. The molecule has 1 aliphatic rings. The van der Waals surface area contributed by atoms with Crippen LogP contribution in [0.3, 0.4) is 0 Å². The predicted molar refractivity (Wildman–Crippen MR) is 168 cm³/mol. The summed E-state index contributed by atoms with van der Waals surface area (Å²) in [4.78, 5) is 29.2. The number of carbonyl (C=O) groups is 2. The van der Waals surface area contributed by atoms with Gasteiger partial charge in [0.15, 0.2) is 0 Å². The number of nitrogens with one attached hydrogen (secondary N) is 1. The molecule has 0 spiro atoms. The minimum atomic E-state index is -4.15. The Labute approximate surface area is 254 Å². The molecule has 1 unspecified atom stereocenters. The Bertz CT molecular complexity index is 1520. The number of aryl methyl sites for hydroxylation is 3. The number of hydrogen-bond acceptors (Lipinski definition) is 4. The van der Waals surface area contributed by atoms with Crippen LogP contribution in [-0.4, -0.2) is 43.8 Å². The van der Waals surface area contributed by atoms with Crippen molar-refractivity contribution < 1.29 is 18.0 Å². The zero-order valence-corrected chi connectivity index (χ0v) is 26.3. The maximum Gasteiger partial charge on any atom is 0.264 e. The van der Waals surface area contributed by atoms with E-state index in [1.54, 1.807) is 19.1 Å². The van der Waals surface area contributed by atoms with Crippen LogP contribution >= 0.6 is 11.6 Å². The van der Waals surface area contributed by atoms with Gasteiger partial charge in [-0.05, 0) is 99.2 Å². The maximum absolute atomic E-state index is 14.2. The third-order valence-electron chi connectivity index (χ3n) is 8.18. The fourth-order valence-corrected chi connectivity index (χ4v) is 6.80. The van der Waals surface area contributed by atoms with Crippen molar-refractivity contribution >= 4 is 39.1 Å². The van der Waals surface area contributed by atoms with Crippen LogP contribution in [0.1, 0.15) is 61.3 Å². The lowest BCUT2D eigenvalue weighted by molar-refractivity contribution is -0.139. The summed E-state index contributed by atoms with van der Waals surface area (Å²) >= 11 is 6.04. The van der Waals surface area contributed by atoms with Gasteiger partial charge in [-0.2, -0.15) is 0 Å². The Morgan fingerprint density at radius 1 is 0.905 bits per heavy atom. The molecular formula is C33H40ClN3O4S. The number of anilines is 1. The molecule has 0 aromatic heterocycles. The van der Waals surface area contributed by atoms with Gasteiger partial charge in [-0.15, -0.1) is 0 Å². The smallest absolute Gasteiger partial charge is 0.264 e. The standard InChI is InChI=1S/C33H40ClN3O4S/c1-23-14-17-30(20-25(23)3)37(42(40,41)31-18-15-28(34)16-19-31)22-32(38)36(21-27-11-9-8-10-24(27)2)26(4)33(39)35-29-12-6-5-7-13-29/h8-11,14-20,26,29H,5-7,12-13,21-22H2,1-4H3,(H,35,39). The monoisotopic (exact) mass is 609 g/mol. The van der Waals surface area contributed by atoms with E-state index in [0.29, 0.717) is 10.7 Å². The SMILES string of the molecule is Cc1ccc(N(CC(=O)N(Cc2ccccc2C)C(C)C(=O)NC2CCCCC2)S(=O)(=O)c2ccc(Cl)cc2)cc1C. The summed E-state index contributed by atoms with van der Waals surface area (Å²) in [5.41, 5.74) is 4.14. The molecule has 0 aliphatic heterocycles. The summed E-state index contributed by atoms with van der Waals surface area (Å²) in [6.45, 7) is 7.21. The van der Waals surface area contributed by atoms with Crippen LogP contribution in [0.25, 0.3) is 0 Å². The average Bonchev–Trinajstić information content (AvgIpc) is 2.97. The minimum absolute atomic E-state index is 0.0199. The van der Waals surface area contributed by atoms with Gasteiger partial charge in [0.05, 0.1) is 10.6 Å². The molecule has 0 radical (unpaired) electrons. The van der Waals surface area contributed by atoms with Crippen molar-refractivity contribution in [3.63, 3.8) is 0 Å². The van der Waals surface area contributed by atoms with E-state index in [0.717, 1.165) is 58.7 Å². The highest BCUT2D eigenvalue weighted by Gasteiger charge is 2.33. The summed E-state index contributed by atoms with van der Waals surface area (Å²) < 4.78 is 29.1. The van der Waals surface area contributed by atoms with Crippen LogP contribution in [0.15, 0.2) is 71.6 Å². The van der Waals surface area contributed by atoms with E-state index in [1.165, 1.54) is 29.2 Å². The Kier molecular flexibility index (Phi) is 10.3. The number of carbonyl (C=O) groups excluding carboxylic acids is 2. The average molecular weight is 610 g/mol. The topological polar surface area (TPSA) is 86.8 Å². The number of rotatable bonds is 10. The Morgan fingerprint density at radius 2 is 1.57 bits per heavy atom. The van der Waals surface area contributed by atoms with E-state index < -0.39 is 28.5 Å². The van der Waals surface area contributed by atoms with Crippen molar-refractivity contribution in [2.45, 2.75) is 83.3 Å². The molecule has 1 atom stereocenters. The molecule has 1 fully saturated rings. The highest BCUT2D eigenvalue weighted by Crippen LogP contribution is 2.27.